The lowest BCUT2D eigenvalue weighted by atomic mass is 10.2. The summed E-state index contributed by atoms with van der Waals surface area (Å²) in [5, 5.41) is 18.7. The molecular formula is C48H74Cl2N14O16. The summed E-state index contributed by atoms with van der Waals surface area (Å²) >= 11 is 0. The SMILES string of the molecule is CCC(C)=O.COC(=O)c1nc(N)cn1C.COC(=O)c1nc(NC(=O)OC(C)(C)C)cn1C.COC(=O)c1nc(NC(=O)c2nc(NC(=O)OC(C)(C)C)cn2C)cn1C.Cl.Cl.Cn1cc(NC(=O)OC(C)(C)C)cc1C(=O)O. The summed E-state index contributed by atoms with van der Waals surface area (Å²) in [5.74, 6) is -1.79. The number of ketones is 1. The van der Waals surface area contributed by atoms with E-state index in [1.165, 1.54) is 75.0 Å². The van der Waals surface area contributed by atoms with E-state index in [2.05, 4.69) is 55.4 Å². The number of hydrogen-bond acceptors (Lipinski definition) is 20. The summed E-state index contributed by atoms with van der Waals surface area (Å²) in [7, 11) is 11.9. The number of esters is 3. The number of carbonyl (C=O) groups is 9. The molecule has 4 amide bonds. The number of rotatable bonds is 10. The minimum Gasteiger partial charge on any atom is -0.477 e. The van der Waals surface area contributed by atoms with Crippen molar-refractivity contribution in [2.75, 3.05) is 48.3 Å². The Morgan fingerprint density at radius 1 is 0.512 bits per heavy atom. The smallest absolute Gasteiger partial charge is 0.413 e. The molecule has 80 heavy (non-hydrogen) atoms. The quantitative estimate of drug-likeness (QED) is 0.0619. The number of methoxy groups -OCH3 is 3. The third-order valence-electron chi connectivity index (χ3n) is 8.70. The van der Waals surface area contributed by atoms with Crippen molar-refractivity contribution in [2.45, 2.75) is 99.4 Å². The maximum Gasteiger partial charge on any atom is 0.413 e. The van der Waals surface area contributed by atoms with E-state index in [1.54, 1.807) is 111 Å². The minimum absolute atomic E-state index is 0. The highest BCUT2D eigenvalue weighted by Gasteiger charge is 2.23. The number of nitrogen functional groups attached to an aromatic ring is 1. The zero-order valence-electron chi connectivity index (χ0n) is 48.2. The number of amides is 4. The standard InChI is InChI=1S/C16H22N6O5.C11H17N3O4.C11H16N2O4.C6H9N3O2.C4H8O.2ClH/c1-16(2,3)27-15(25)20-10-8-21(4)11(17-10)13(23)19-9-7-22(5)12(18-9)14(24)26-6;1-11(2,3)18-10(16)13-7-6-14(4)8(12-7)9(15)17-5;1-11(2,3)17-10(16)12-7-5-8(9(14)15)13(4)6-7;1-9-3-4(7)8-5(9)6(10)11-2;1-3-4(2)5;;/h7-8H,1-6H3,(H,19,23)(H,20,25);6H,1-5H3,(H,13,16);5-6H,1-4H3,(H,12,16)(H,14,15);3H,7H2,1-2H3;3H2,1-2H3;2*1H. The fourth-order valence-corrected chi connectivity index (χ4v) is 5.38. The Bertz CT molecular complexity index is 2920. The molecule has 0 saturated carbocycles. The largest absolute Gasteiger partial charge is 0.477 e. The van der Waals surface area contributed by atoms with Gasteiger partial charge in [0, 0.05) is 72.6 Å². The zero-order valence-corrected chi connectivity index (χ0v) is 49.8. The molecular weight excluding hydrogens is 1100 g/mol. The van der Waals surface area contributed by atoms with Crippen molar-refractivity contribution in [3.63, 3.8) is 0 Å². The molecule has 0 unspecified atom stereocenters. The van der Waals surface area contributed by atoms with Gasteiger partial charge in [0.2, 0.25) is 23.3 Å². The first-order valence-corrected chi connectivity index (χ1v) is 23.2. The van der Waals surface area contributed by atoms with Gasteiger partial charge in [-0.25, -0.2) is 53.5 Å². The molecule has 7 N–H and O–H groups in total. The molecule has 32 heteroatoms. The van der Waals surface area contributed by atoms with Crippen LogP contribution in [-0.2, 0) is 68.5 Å². The fourth-order valence-electron chi connectivity index (χ4n) is 5.38. The summed E-state index contributed by atoms with van der Waals surface area (Å²) in [6, 6.07) is 1.37. The number of aromatic carboxylic acids is 1. The van der Waals surface area contributed by atoms with Crippen LogP contribution in [0.25, 0.3) is 0 Å². The first-order chi connectivity index (χ1) is 35.8. The van der Waals surface area contributed by atoms with Gasteiger partial charge in [0.05, 0.1) is 27.0 Å². The summed E-state index contributed by atoms with van der Waals surface area (Å²) < 4.78 is 36.1. The molecule has 0 aliphatic carbocycles. The molecule has 30 nitrogen and oxygen atoms in total. The van der Waals surface area contributed by atoms with Gasteiger partial charge in [-0.2, -0.15) is 0 Å². The summed E-state index contributed by atoms with van der Waals surface area (Å²) in [4.78, 5) is 117. The monoisotopic (exact) mass is 1170 g/mol. The molecule has 5 rings (SSSR count). The van der Waals surface area contributed by atoms with Gasteiger partial charge in [-0.05, 0) is 75.3 Å². The number of halogens is 2. The fraction of sp³-hybridized carbons (Fsp3) is 0.479. The number of ether oxygens (including phenoxy) is 6. The van der Waals surface area contributed by atoms with Crippen LogP contribution < -0.4 is 27.0 Å². The van der Waals surface area contributed by atoms with Gasteiger partial charge < -0.3 is 72.2 Å². The van der Waals surface area contributed by atoms with Crippen molar-refractivity contribution in [1.82, 2.24) is 42.8 Å². The zero-order chi connectivity index (χ0) is 60.2. The number of carboxylic acids is 1. The van der Waals surface area contributed by atoms with Crippen LogP contribution >= 0.6 is 24.8 Å². The van der Waals surface area contributed by atoms with Crippen molar-refractivity contribution < 1.29 is 76.7 Å². The van der Waals surface area contributed by atoms with Gasteiger partial charge in [-0.3, -0.25) is 20.7 Å². The number of hydrogen-bond donors (Lipinski definition) is 6. The highest BCUT2D eigenvalue weighted by molar-refractivity contribution is 6.02. The first-order valence-electron chi connectivity index (χ1n) is 23.2. The third kappa shape index (κ3) is 26.6. The number of nitrogens with one attached hydrogen (secondary N) is 4. The molecule has 446 valence electrons. The van der Waals surface area contributed by atoms with Gasteiger partial charge in [-0.1, -0.05) is 6.92 Å². The second-order valence-corrected chi connectivity index (χ2v) is 19.2. The molecule has 0 saturated heterocycles. The van der Waals surface area contributed by atoms with Crippen LogP contribution in [0.2, 0.25) is 0 Å². The van der Waals surface area contributed by atoms with Gasteiger partial charge in [0.1, 0.15) is 34.1 Å². The molecule has 5 aromatic heterocycles. The second kappa shape index (κ2) is 32.3. The van der Waals surface area contributed by atoms with Crippen molar-refractivity contribution in [2.24, 2.45) is 35.2 Å². The van der Waals surface area contributed by atoms with Gasteiger partial charge in [0.15, 0.2) is 17.5 Å². The number of carbonyl (C=O) groups excluding carboxylic acids is 8. The molecule has 0 radical (unpaired) electrons. The van der Waals surface area contributed by atoms with E-state index in [4.69, 9.17) is 25.1 Å². The predicted molar refractivity (Wildman–Crippen MR) is 297 cm³/mol. The first kappa shape index (κ1) is 73.4. The van der Waals surface area contributed by atoms with Crippen molar-refractivity contribution in [3.8, 4) is 0 Å². The molecule has 0 atom stereocenters. The number of nitrogens with two attached hydrogens (primary N) is 1. The highest BCUT2D eigenvalue weighted by atomic mass is 35.5. The number of nitrogens with zero attached hydrogens (tertiary/aromatic N) is 9. The van der Waals surface area contributed by atoms with Crippen molar-refractivity contribution in [1.29, 1.82) is 0 Å². The lowest BCUT2D eigenvalue weighted by Crippen LogP contribution is -2.27. The van der Waals surface area contributed by atoms with E-state index in [0.29, 0.717) is 17.9 Å². The molecule has 5 heterocycles. The second-order valence-electron chi connectivity index (χ2n) is 19.2. The Balaban J connectivity index is 0. The molecule has 5 aromatic rings. The number of aryl methyl sites for hydroxylation is 5. The van der Waals surface area contributed by atoms with Crippen LogP contribution in [0.5, 0.6) is 0 Å². The molecule has 0 aliphatic rings. The van der Waals surface area contributed by atoms with E-state index in [-0.39, 0.29) is 77.0 Å². The van der Waals surface area contributed by atoms with E-state index in [1.807, 2.05) is 6.92 Å². The number of imidazole rings is 4. The van der Waals surface area contributed by atoms with Gasteiger partial charge in [-0.15, -0.1) is 24.8 Å². The third-order valence-corrected chi connectivity index (χ3v) is 8.70. The van der Waals surface area contributed by atoms with Crippen LogP contribution in [0.15, 0.2) is 37.1 Å². The summed E-state index contributed by atoms with van der Waals surface area (Å²) in [6.07, 6.45) is 6.23. The van der Waals surface area contributed by atoms with Crippen molar-refractivity contribution >= 4 is 108 Å². The molecule has 0 fully saturated rings. The molecule has 0 spiro atoms. The van der Waals surface area contributed by atoms with Crippen LogP contribution in [0.1, 0.15) is 136 Å². The average molecular weight is 1170 g/mol. The predicted octanol–water partition coefficient (Wildman–Crippen LogP) is 6.78. The van der Waals surface area contributed by atoms with Crippen LogP contribution in [0.3, 0.4) is 0 Å². The van der Waals surface area contributed by atoms with E-state index >= 15 is 0 Å². The van der Waals surface area contributed by atoms with Gasteiger partial charge >= 0.3 is 42.2 Å². The molecule has 0 aliphatic heterocycles. The Labute approximate surface area is 474 Å². The maximum atomic E-state index is 12.4. The van der Waals surface area contributed by atoms with E-state index in [0.717, 1.165) is 0 Å². The lowest BCUT2D eigenvalue weighted by molar-refractivity contribution is -0.116. The van der Waals surface area contributed by atoms with Crippen LogP contribution in [-0.4, -0.2) is 140 Å². The van der Waals surface area contributed by atoms with Crippen LogP contribution in [0.4, 0.5) is 43.3 Å². The molecule has 0 aromatic carbocycles. The van der Waals surface area contributed by atoms with Gasteiger partial charge in [0.25, 0.3) is 5.91 Å². The Kier molecular flexibility index (Phi) is 29.6. The normalized spacial score (nSPS) is 10.3. The topological polar surface area (TPSA) is 380 Å². The van der Waals surface area contributed by atoms with E-state index in [9.17, 15) is 43.2 Å². The lowest BCUT2D eigenvalue weighted by Gasteiger charge is -2.19. The number of anilines is 5. The Morgan fingerprint density at radius 2 is 0.825 bits per heavy atom. The van der Waals surface area contributed by atoms with Crippen molar-refractivity contribution in [3.05, 3.63) is 66.0 Å². The number of Topliss-reactive ketones (excluding diaryl/α,β-unsaturated/α-hetero) is 1. The maximum absolute atomic E-state index is 12.4. The molecule has 0 bridgehead atoms. The number of carboxylic acid groups (broad SMARTS) is 1. The Morgan fingerprint density at radius 3 is 1.12 bits per heavy atom. The highest BCUT2D eigenvalue weighted by Crippen LogP contribution is 2.17. The summed E-state index contributed by atoms with van der Waals surface area (Å²) in [6.45, 7) is 19.2. The average Bonchev–Trinajstić information content (AvgIpc) is 4.12. The Hall–Kier alpha value is -8.67. The minimum atomic E-state index is -1.05. The van der Waals surface area contributed by atoms with E-state index < -0.39 is 64.9 Å². The summed E-state index contributed by atoms with van der Waals surface area (Å²) in [5.41, 5.74) is 3.97. The number of aromatic nitrogens is 9. The van der Waals surface area contributed by atoms with Crippen LogP contribution in [0, 0.1) is 0 Å².